The van der Waals surface area contributed by atoms with Gasteiger partial charge in [0, 0.05) is 90.6 Å². The van der Waals surface area contributed by atoms with Crippen LogP contribution >= 0.6 is 15.9 Å². The average Bonchev–Trinajstić information content (AvgIpc) is 1.93. The molecule has 4 aromatic rings. The number of aliphatic hydroxyl groups excluding tert-OH is 1. The van der Waals surface area contributed by atoms with Crippen LogP contribution in [0.4, 0.5) is 0 Å². The van der Waals surface area contributed by atoms with Crippen molar-refractivity contribution >= 4 is 64.0 Å². The number of alkyl halides is 1. The van der Waals surface area contributed by atoms with Gasteiger partial charge in [-0.05, 0) is 128 Å². The molecule has 4 fully saturated rings. The molecule has 0 unspecified atom stereocenters. The van der Waals surface area contributed by atoms with Gasteiger partial charge in [-0.3, -0.25) is 66.6 Å². The van der Waals surface area contributed by atoms with Gasteiger partial charge >= 0.3 is 17.9 Å². The first kappa shape index (κ1) is 86.0. The number of carbonyl (C=O) groups excluding carboxylic acids is 5. The molecule has 12 N–H and O–H groups in total. The standard InChI is InChI=1S/C21H28N6O3.C13H13N3O2.C10H19NO3.C8H17N3O2.C6H13NO.C4H7BrO2.C2H6O.H4N2/c1-15-9-16(2)11-17(10-15)20-22-14-27(25-20)6-5-18(28)23-24-19(29)12-26-7-8-30-13-21(26,3)4;1-9-5-10(2)7-11(6-9)13-14-8-16(15-13)4-3-12(17)18;1-4-14-9(12)7-11-5-6-13-8-10(11,2)3;1-8(2)6-13-4-3-11(8)5-7(12)10-9;1-6(2)5-8-4-3-7-6;1-2-7-4(6)3-5;1-2-3;1-2/h5-6,9-11,14H,7-8,12-13H2,1-4H3,(H,23,28)(H,24,29);3-8H,1-2H3,(H,17,18);4-8H2,1-3H3;3-6,9H2,1-2H3,(H,10,12);7H,3-5H2,1-2H3;2-3H2,1H3;3H,2H2,1H3;1-2H2/b6-5-;4-3-;;;;;;. The van der Waals surface area contributed by atoms with Crippen molar-refractivity contribution in [3.63, 3.8) is 0 Å². The summed E-state index contributed by atoms with van der Waals surface area (Å²) in [5.74, 6) is 11.9. The van der Waals surface area contributed by atoms with Crippen molar-refractivity contribution in [1.29, 1.82) is 0 Å². The number of esters is 2. The quantitative estimate of drug-likeness (QED) is 0.0206. The van der Waals surface area contributed by atoms with Crippen LogP contribution < -0.4 is 39.1 Å². The van der Waals surface area contributed by atoms with Gasteiger partial charge in [0.05, 0.1) is 85.7 Å². The molecule has 31 heteroatoms. The third-order valence-electron chi connectivity index (χ3n) is 13.7. The smallest absolute Gasteiger partial charge is 0.329 e. The van der Waals surface area contributed by atoms with Crippen LogP contribution in [0.3, 0.4) is 0 Å². The minimum atomic E-state index is -1.02. The van der Waals surface area contributed by atoms with E-state index in [1.807, 2.05) is 77.6 Å². The zero-order chi connectivity index (χ0) is 71.8. The molecule has 0 atom stereocenters. The fraction of sp³-hybridized carbons (Fsp3) is 0.594. The summed E-state index contributed by atoms with van der Waals surface area (Å²) < 4.78 is 33.6. The Labute approximate surface area is 568 Å². The number of hydrogen-bond donors (Lipinski definition) is 9. The second-order valence-corrected chi connectivity index (χ2v) is 24.8. The summed E-state index contributed by atoms with van der Waals surface area (Å²) in [6.07, 6.45) is 8.12. The van der Waals surface area contributed by atoms with Gasteiger partial charge in [0.25, 0.3) is 11.8 Å². The lowest BCUT2D eigenvalue weighted by Crippen LogP contribution is -2.57. The van der Waals surface area contributed by atoms with Crippen LogP contribution in [0.2, 0.25) is 0 Å². The first-order valence-corrected chi connectivity index (χ1v) is 32.2. The number of carboxylic acid groups (broad SMARTS) is 1. The predicted molar refractivity (Wildman–Crippen MR) is 367 cm³/mol. The van der Waals surface area contributed by atoms with E-state index in [1.54, 1.807) is 13.8 Å². The Balaban J connectivity index is 0.000000600. The van der Waals surface area contributed by atoms with E-state index in [2.05, 4.69) is 138 Å². The number of rotatable bonds is 15. The molecule has 0 spiro atoms. The molecule has 534 valence electrons. The number of aliphatic hydroxyl groups is 1. The normalized spacial score (nSPS) is 16.8. The van der Waals surface area contributed by atoms with E-state index in [0.717, 1.165) is 72.3 Å². The molecule has 30 nitrogen and oxygen atoms in total. The Morgan fingerprint density at radius 1 is 0.600 bits per heavy atom. The third kappa shape index (κ3) is 36.1. The summed E-state index contributed by atoms with van der Waals surface area (Å²) in [7, 11) is 0. The largest absolute Gasteiger partial charge is 0.478 e. The molecule has 4 aliphatic heterocycles. The summed E-state index contributed by atoms with van der Waals surface area (Å²) >= 11 is 2.94. The molecule has 0 radical (unpaired) electrons. The van der Waals surface area contributed by atoms with E-state index in [-0.39, 0.29) is 59.1 Å². The molecule has 0 saturated carbocycles. The number of halogens is 1. The molecular formula is C64H107BrN16O14. The Bertz CT molecular complexity index is 2940. The number of ether oxygens (including phenoxy) is 6. The highest BCUT2D eigenvalue weighted by atomic mass is 79.9. The summed E-state index contributed by atoms with van der Waals surface area (Å²) in [5.41, 5.74) is 13.2. The van der Waals surface area contributed by atoms with Gasteiger partial charge in [-0.25, -0.2) is 30.0 Å². The average molecular weight is 1400 g/mol. The van der Waals surface area contributed by atoms with Gasteiger partial charge in [0.2, 0.25) is 5.91 Å². The van der Waals surface area contributed by atoms with Crippen LogP contribution in [-0.2, 0) is 57.2 Å². The number of nitrogens with two attached hydrogens (primary N) is 3. The van der Waals surface area contributed by atoms with Crippen molar-refractivity contribution in [2.45, 2.75) is 126 Å². The van der Waals surface area contributed by atoms with Crippen LogP contribution in [0.15, 0.2) is 61.2 Å². The van der Waals surface area contributed by atoms with Gasteiger partial charge in [-0.15, -0.1) is 10.2 Å². The number of aromatic nitrogens is 6. The van der Waals surface area contributed by atoms with Crippen molar-refractivity contribution in [3.8, 4) is 22.8 Å². The van der Waals surface area contributed by atoms with Gasteiger partial charge in [-0.2, -0.15) is 0 Å². The monoisotopic (exact) mass is 1400 g/mol. The van der Waals surface area contributed by atoms with Crippen molar-refractivity contribution in [2.24, 2.45) is 17.5 Å². The second kappa shape index (κ2) is 45.5. The molecule has 0 bridgehead atoms. The van der Waals surface area contributed by atoms with Crippen molar-refractivity contribution in [3.05, 3.63) is 83.5 Å². The SMILES string of the molecule is CC1(C)COCCN1.CC1(C)COCCN1CC(=O)NN.CCO.CCOC(=O)CBr.CCOC(=O)CN1CCOCC1(C)C.Cc1cc(C)cc(-c2ncn(/C=C\C(=O)NNC(=O)CN3CCOCC3(C)C)n2)c1.Cc1cc(C)cc(-c2ncn(/C=C\C(=O)O)n2)c1.NN. The molecule has 2 aromatic heterocycles. The second-order valence-electron chi connectivity index (χ2n) is 24.2. The van der Waals surface area contributed by atoms with E-state index in [0.29, 0.717) is 89.5 Å². The number of carboxylic acids is 1. The number of morpholine rings is 4. The molecule has 4 saturated heterocycles. The van der Waals surface area contributed by atoms with Gasteiger partial charge in [-0.1, -0.05) is 50.3 Å². The minimum Gasteiger partial charge on any atom is -0.478 e. The zero-order valence-electron chi connectivity index (χ0n) is 58.3. The highest BCUT2D eigenvalue weighted by molar-refractivity contribution is 9.09. The van der Waals surface area contributed by atoms with Gasteiger partial charge < -0.3 is 44.0 Å². The molecule has 4 aliphatic rings. The summed E-state index contributed by atoms with van der Waals surface area (Å²) in [5, 5.41) is 28.3. The minimum absolute atomic E-state index is 0.0645. The van der Waals surface area contributed by atoms with Crippen molar-refractivity contribution in [1.82, 2.24) is 65.8 Å². The van der Waals surface area contributed by atoms with Crippen molar-refractivity contribution < 1.29 is 67.4 Å². The van der Waals surface area contributed by atoms with E-state index in [1.165, 1.54) is 40.5 Å². The number of hydrogen-bond acceptors (Lipinski definition) is 24. The Kier molecular flexibility index (Phi) is 41.2. The van der Waals surface area contributed by atoms with Crippen LogP contribution in [-0.4, -0.2) is 236 Å². The Hall–Kier alpha value is -6.98. The maximum atomic E-state index is 12.1. The van der Waals surface area contributed by atoms with E-state index in [9.17, 15) is 28.8 Å². The van der Waals surface area contributed by atoms with E-state index in [4.69, 9.17) is 39.7 Å². The van der Waals surface area contributed by atoms with Crippen LogP contribution in [0, 0.1) is 27.7 Å². The molecule has 8 rings (SSSR count). The first-order valence-electron chi connectivity index (χ1n) is 31.1. The Morgan fingerprint density at radius 3 is 1.33 bits per heavy atom. The highest BCUT2D eigenvalue weighted by Gasteiger charge is 2.34. The summed E-state index contributed by atoms with van der Waals surface area (Å²) in [4.78, 5) is 81.6. The van der Waals surface area contributed by atoms with E-state index < -0.39 is 11.9 Å². The number of nitrogens with one attached hydrogen (secondary N) is 4. The maximum Gasteiger partial charge on any atom is 0.329 e. The highest BCUT2D eigenvalue weighted by Crippen LogP contribution is 2.22. The van der Waals surface area contributed by atoms with Crippen LogP contribution in [0.1, 0.15) is 98.4 Å². The molecule has 3 amide bonds. The van der Waals surface area contributed by atoms with Crippen LogP contribution in [0.5, 0.6) is 0 Å². The first-order chi connectivity index (χ1) is 44.8. The molecule has 95 heavy (non-hydrogen) atoms. The number of carbonyl (C=O) groups is 6. The fourth-order valence-corrected chi connectivity index (χ4v) is 9.17. The number of nitrogens with zero attached hydrogens (tertiary/aromatic N) is 9. The zero-order valence-corrected chi connectivity index (χ0v) is 59.9. The van der Waals surface area contributed by atoms with Crippen molar-refractivity contribution in [2.75, 3.05) is 124 Å². The van der Waals surface area contributed by atoms with E-state index >= 15 is 0 Å². The number of hydrazine groups is 3. The summed E-state index contributed by atoms with van der Waals surface area (Å²) in [6, 6.07) is 12.2. The number of aryl methyl sites for hydroxylation is 4. The molecular weight excluding hydrogens is 1300 g/mol. The third-order valence-corrected chi connectivity index (χ3v) is 14.1. The lowest BCUT2D eigenvalue weighted by Gasteiger charge is -2.41. The predicted octanol–water partition coefficient (Wildman–Crippen LogP) is 3.30. The van der Waals surface area contributed by atoms with Crippen LogP contribution in [0.25, 0.3) is 35.2 Å². The van der Waals surface area contributed by atoms with Gasteiger partial charge in [0.1, 0.15) is 18.0 Å². The fourth-order valence-electron chi connectivity index (χ4n) is 9.01. The van der Waals surface area contributed by atoms with Gasteiger partial charge in [0.15, 0.2) is 11.6 Å². The topological polar surface area (TPSA) is 396 Å². The summed E-state index contributed by atoms with van der Waals surface area (Å²) in [6.45, 7) is 40.8. The maximum absolute atomic E-state index is 12.1. The lowest BCUT2D eigenvalue weighted by molar-refractivity contribution is -0.149. The molecule has 6 heterocycles. The molecule has 2 aromatic carbocycles. The Morgan fingerprint density at radius 2 is 0.989 bits per heavy atom. The number of amides is 3. The lowest BCUT2D eigenvalue weighted by atomic mass is 10.0. The number of aliphatic carboxylic acids is 1. The molecule has 0 aliphatic carbocycles. The number of benzene rings is 2.